The summed E-state index contributed by atoms with van der Waals surface area (Å²) in [6.45, 7) is 6.91. The minimum absolute atomic E-state index is 0.158. The van der Waals surface area contributed by atoms with Crippen molar-refractivity contribution in [3.63, 3.8) is 0 Å². The lowest BCUT2D eigenvalue weighted by molar-refractivity contribution is 0.600. The van der Waals surface area contributed by atoms with Crippen LogP contribution in [0.1, 0.15) is 77.7 Å². The summed E-state index contributed by atoms with van der Waals surface area (Å²) in [5.74, 6) is 0.524. The van der Waals surface area contributed by atoms with E-state index in [1.165, 1.54) is 55.3 Å². The third-order valence-electron chi connectivity index (χ3n) is 12.0. The molecule has 9 rings (SSSR count). The van der Waals surface area contributed by atoms with Crippen LogP contribution in [-0.4, -0.2) is 5.84 Å². The second kappa shape index (κ2) is 13.8. The number of rotatable bonds is 7. The average Bonchev–Trinajstić information content (AvgIpc) is 3.48. The Labute approximate surface area is 329 Å². The van der Waals surface area contributed by atoms with Crippen molar-refractivity contribution in [1.29, 1.82) is 5.26 Å². The number of nitriles is 1. The molecule has 7 aromatic carbocycles. The minimum atomic E-state index is -0.216. The number of nitrogens with two attached hydrogens (primary N) is 1. The number of amidine groups is 1. The molecule has 270 valence electrons. The summed E-state index contributed by atoms with van der Waals surface area (Å²) in [6.07, 6.45) is 8.01. The zero-order valence-electron chi connectivity index (χ0n) is 32.0. The Morgan fingerprint density at radius 3 is 2.02 bits per heavy atom. The van der Waals surface area contributed by atoms with Crippen LogP contribution in [0.3, 0.4) is 0 Å². The Balaban J connectivity index is 0.990. The van der Waals surface area contributed by atoms with Crippen LogP contribution in [0.5, 0.6) is 0 Å². The van der Waals surface area contributed by atoms with Gasteiger partial charge in [0.15, 0.2) is 0 Å². The van der Waals surface area contributed by atoms with E-state index in [4.69, 9.17) is 10.7 Å². The van der Waals surface area contributed by atoms with Crippen LogP contribution in [0.25, 0.3) is 38.6 Å². The van der Waals surface area contributed by atoms with Crippen molar-refractivity contribution < 1.29 is 0 Å². The zero-order valence-corrected chi connectivity index (χ0v) is 32.0. The summed E-state index contributed by atoms with van der Waals surface area (Å²) >= 11 is 0. The third kappa shape index (κ3) is 6.14. The number of fused-ring (bicyclic) bond motifs is 4. The van der Waals surface area contributed by atoms with Crippen LogP contribution in [-0.2, 0) is 10.8 Å². The summed E-state index contributed by atoms with van der Waals surface area (Å²) < 4.78 is 0. The standard InChI is InChI=1S/C53H43N3/c1-52(2)46-15-10-16-47(49(46)45-26-17-35(34-54)31-48(45)52)53(3)29-27-38(28-30-53)43-25-21-37-20-24-42(32-44(37)33-43)36-18-22-40(23-19-36)50(39-11-6-4-7-12-39)56-51(55)41-13-8-5-9-14-41/h4-29,31-33,50H,30H2,1-3H3,(H2,55,56). The fraction of sp³-hybridized carbons (Fsp3) is 0.132. The van der Waals surface area contributed by atoms with Gasteiger partial charge in [-0.3, -0.25) is 4.99 Å². The molecule has 2 aliphatic carbocycles. The van der Waals surface area contributed by atoms with Gasteiger partial charge in [-0.25, -0.2) is 0 Å². The van der Waals surface area contributed by atoms with Gasteiger partial charge in [-0.2, -0.15) is 5.26 Å². The smallest absolute Gasteiger partial charge is 0.126 e. The molecule has 0 aliphatic heterocycles. The van der Waals surface area contributed by atoms with Crippen LogP contribution >= 0.6 is 0 Å². The number of allylic oxidation sites excluding steroid dienone is 4. The van der Waals surface area contributed by atoms with Crippen molar-refractivity contribution >= 4 is 22.2 Å². The van der Waals surface area contributed by atoms with E-state index < -0.39 is 0 Å². The van der Waals surface area contributed by atoms with Crippen LogP contribution in [0, 0.1) is 11.3 Å². The van der Waals surface area contributed by atoms with Crippen LogP contribution in [0.4, 0.5) is 0 Å². The second-order valence-corrected chi connectivity index (χ2v) is 15.9. The summed E-state index contributed by atoms with van der Waals surface area (Å²) in [7, 11) is 0. The average molecular weight is 722 g/mol. The SMILES string of the molecule is CC1(c2cccc3c2-c2ccc(C#N)cc2C3(C)C)C=CC(c2ccc3ccc(-c4ccc(C(N=C(N)c5ccccc5)c5ccccc5)cc4)cc3c2)=CC1. The van der Waals surface area contributed by atoms with Gasteiger partial charge >= 0.3 is 0 Å². The van der Waals surface area contributed by atoms with Gasteiger partial charge in [0.1, 0.15) is 11.9 Å². The molecule has 0 amide bonds. The van der Waals surface area contributed by atoms with Gasteiger partial charge in [0, 0.05) is 16.4 Å². The number of aliphatic imine (C=N–C) groups is 1. The molecule has 56 heavy (non-hydrogen) atoms. The highest BCUT2D eigenvalue weighted by atomic mass is 14.9. The van der Waals surface area contributed by atoms with E-state index in [1.807, 2.05) is 54.6 Å². The predicted molar refractivity (Wildman–Crippen MR) is 233 cm³/mol. The number of hydrogen-bond acceptors (Lipinski definition) is 2. The first-order valence-electron chi connectivity index (χ1n) is 19.4. The lowest BCUT2D eigenvalue weighted by Gasteiger charge is -2.32. The number of benzene rings is 7. The Hall–Kier alpha value is -6.76. The molecule has 0 heterocycles. The van der Waals surface area contributed by atoms with E-state index in [1.54, 1.807) is 0 Å². The van der Waals surface area contributed by atoms with Gasteiger partial charge in [0.05, 0.1) is 11.6 Å². The molecule has 0 spiro atoms. The summed E-state index contributed by atoms with van der Waals surface area (Å²) in [5, 5.41) is 12.1. The fourth-order valence-electron chi connectivity index (χ4n) is 8.74. The molecule has 2 aliphatic rings. The fourth-order valence-corrected chi connectivity index (χ4v) is 8.74. The van der Waals surface area contributed by atoms with Crippen molar-refractivity contribution in [3.8, 4) is 28.3 Å². The Kier molecular flexibility index (Phi) is 8.63. The Morgan fingerprint density at radius 2 is 1.30 bits per heavy atom. The van der Waals surface area contributed by atoms with Crippen molar-refractivity contribution in [2.75, 3.05) is 0 Å². The quantitative estimate of drug-likeness (QED) is 0.132. The first-order chi connectivity index (χ1) is 27.2. The van der Waals surface area contributed by atoms with E-state index in [9.17, 15) is 5.26 Å². The minimum Gasteiger partial charge on any atom is -0.383 e. The predicted octanol–water partition coefficient (Wildman–Crippen LogP) is 12.5. The molecule has 3 nitrogen and oxygen atoms in total. The highest BCUT2D eigenvalue weighted by Gasteiger charge is 2.40. The van der Waals surface area contributed by atoms with Crippen molar-refractivity contribution in [2.45, 2.75) is 44.1 Å². The van der Waals surface area contributed by atoms with Gasteiger partial charge < -0.3 is 5.73 Å². The van der Waals surface area contributed by atoms with Gasteiger partial charge in [-0.1, -0.05) is 172 Å². The maximum atomic E-state index is 9.64. The highest BCUT2D eigenvalue weighted by Crippen LogP contribution is 2.53. The zero-order chi connectivity index (χ0) is 38.4. The molecule has 2 atom stereocenters. The van der Waals surface area contributed by atoms with Crippen LogP contribution in [0.15, 0.2) is 181 Å². The van der Waals surface area contributed by atoms with Gasteiger partial charge in [0.25, 0.3) is 0 Å². The Morgan fingerprint density at radius 1 is 0.643 bits per heavy atom. The van der Waals surface area contributed by atoms with Crippen molar-refractivity contribution in [2.24, 2.45) is 10.7 Å². The van der Waals surface area contributed by atoms with Gasteiger partial charge in [-0.05, 0) is 103 Å². The first kappa shape index (κ1) is 35.0. The third-order valence-corrected chi connectivity index (χ3v) is 12.0. The molecule has 0 fully saturated rings. The van der Waals surface area contributed by atoms with Crippen LogP contribution in [0.2, 0.25) is 0 Å². The normalized spacial score (nSPS) is 17.5. The van der Waals surface area contributed by atoms with E-state index in [0.29, 0.717) is 11.4 Å². The molecule has 0 aromatic heterocycles. The molecule has 3 heteroatoms. The van der Waals surface area contributed by atoms with E-state index in [0.717, 1.165) is 28.7 Å². The molecule has 0 radical (unpaired) electrons. The summed E-state index contributed by atoms with van der Waals surface area (Å²) in [4.78, 5) is 5.02. The highest BCUT2D eigenvalue weighted by molar-refractivity contribution is 5.97. The number of nitrogens with zero attached hydrogens (tertiary/aromatic N) is 2. The molecule has 7 aromatic rings. The molecule has 2 N–H and O–H groups in total. The molecule has 0 bridgehead atoms. The Bertz CT molecular complexity index is 2760. The van der Waals surface area contributed by atoms with Crippen LogP contribution < -0.4 is 5.73 Å². The van der Waals surface area contributed by atoms with Crippen molar-refractivity contribution in [1.82, 2.24) is 0 Å². The van der Waals surface area contributed by atoms with Gasteiger partial charge in [-0.15, -0.1) is 0 Å². The lowest BCUT2D eigenvalue weighted by Crippen LogP contribution is -2.22. The summed E-state index contributed by atoms with van der Waals surface area (Å²) in [5.41, 5.74) is 21.3. The molecular formula is C53H43N3. The lowest BCUT2D eigenvalue weighted by atomic mass is 9.72. The topological polar surface area (TPSA) is 62.2 Å². The molecular weight excluding hydrogens is 679 g/mol. The van der Waals surface area contributed by atoms with E-state index >= 15 is 0 Å². The maximum Gasteiger partial charge on any atom is 0.126 e. The first-order valence-corrected chi connectivity index (χ1v) is 19.4. The second-order valence-electron chi connectivity index (χ2n) is 15.9. The number of hydrogen-bond donors (Lipinski definition) is 1. The molecule has 2 unspecified atom stereocenters. The summed E-state index contributed by atoms with van der Waals surface area (Å²) in [6, 6.07) is 57.7. The van der Waals surface area contributed by atoms with E-state index in [-0.39, 0.29) is 16.9 Å². The van der Waals surface area contributed by atoms with E-state index in [2.05, 4.69) is 148 Å². The molecule has 0 saturated carbocycles. The maximum absolute atomic E-state index is 9.64. The molecule has 0 saturated heterocycles. The largest absolute Gasteiger partial charge is 0.383 e. The van der Waals surface area contributed by atoms with Crippen molar-refractivity contribution in [3.05, 3.63) is 220 Å². The van der Waals surface area contributed by atoms with Gasteiger partial charge in [0.2, 0.25) is 0 Å². The monoisotopic (exact) mass is 721 g/mol.